The van der Waals surface area contributed by atoms with Crippen molar-refractivity contribution in [3.05, 3.63) is 58.5 Å². The van der Waals surface area contributed by atoms with Gasteiger partial charge in [-0.1, -0.05) is 29.5 Å². The Morgan fingerprint density at radius 3 is 2.61 bits per heavy atom. The maximum absolute atomic E-state index is 12.7. The van der Waals surface area contributed by atoms with Gasteiger partial charge in [-0.3, -0.25) is 9.99 Å². The van der Waals surface area contributed by atoms with Crippen molar-refractivity contribution in [3.8, 4) is 0 Å². The van der Waals surface area contributed by atoms with Crippen LogP contribution in [0.2, 0.25) is 5.02 Å². The fraction of sp³-hybridized carbons (Fsp3) is 0.267. The molecule has 1 aromatic rings. The third-order valence-electron chi connectivity index (χ3n) is 3.18. The van der Waals surface area contributed by atoms with E-state index in [2.05, 4.69) is 21.9 Å². The number of aromatic nitrogens is 1. The predicted molar refractivity (Wildman–Crippen MR) is 82.6 cm³/mol. The van der Waals surface area contributed by atoms with Crippen LogP contribution in [0, 0.1) is 0 Å². The lowest BCUT2D eigenvalue weighted by atomic mass is 10.0. The quantitative estimate of drug-likeness (QED) is 0.732. The van der Waals surface area contributed by atoms with Gasteiger partial charge in [0.25, 0.3) is 0 Å². The van der Waals surface area contributed by atoms with E-state index >= 15 is 0 Å². The Morgan fingerprint density at radius 1 is 1.43 bits per heavy atom. The molecule has 1 aliphatic rings. The van der Waals surface area contributed by atoms with E-state index in [0.717, 1.165) is 17.8 Å². The molecule has 122 valence electrons. The lowest BCUT2D eigenvalue weighted by Crippen LogP contribution is -2.08. The molecule has 0 amide bonds. The van der Waals surface area contributed by atoms with E-state index in [0.29, 0.717) is 17.8 Å². The van der Waals surface area contributed by atoms with E-state index in [1.165, 1.54) is 0 Å². The molecule has 0 aromatic carbocycles. The molecule has 0 unspecified atom stereocenters. The summed E-state index contributed by atoms with van der Waals surface area (Å²) in [6, 6.07) is 0.862. The molecular weight excluding hydrogens is 329 g/mol. The molecule has 0 saturated heterocycles. The Bertz CT molecular complexity index is 720. The topological polar surface area (TPSA) is 40.9 Å². The molecule has 0 spiro atoms. The zero-order chi connectivity index (χ0) is 17.2. The summed E-state index contributed by atoms with van der Waals surface area (Å²) in [4.78, 5) is 3.89. The highest BCUT2D eigenvalue weighted by atomic mass is 35.5. The van der Waals surface area contributed by atoms with Crippen LogP contribution in [0.15, 0.2) is 52.6 Å². The maximum atomic E-state index is 12.7. The molecule has 0 saturated carbocycles. The van der Waals surface area contributed by atoms with E-state index < -0.39 is 11.7 Å². The minimum Gasteiger partial charge on any atom is -0.275 e. The van der Waals surface area contributed by atoms with Crippen LogP contribution in [0.25, 0.3) is 5.57 Å². The smallest absolute Gasteiger partial charge is 0.275 e. The van der Waals surface area contributed by atoms with Crippen molar-refractivity contribution in [2.24, 2.45) is 10.3 Å². The second-order valence-corrected chi connectivity index (χ2v) is 5.40. The summed E-state index contributed by atoms with van der Waals surface area (Å²) < 4.78 is 38.2. The van der Waals surface area contributed by atoms with Crippen molar-refractivity contribution in [3.63, 3.8) is 0 Å². The molecule has 8 heteroatoms. The van der Waals surface area contributed by atoms with Gasteiger partial charge < -0.3 is 0 Å². The highest BCUT2D eigenvalue weighted by Gasteiger charge is 2.31. The molecule has 0 atom stereocenters. The van der Waals surface area contributed by atoms with Crippen molar-refractivity contribution >= 4 is 17.2 Å². The molecule has 0 N–H and O–H groups in total. The third kappa shape index (κ3) is 3.98. The number of rotatable bonds is 3. The molecule has 2 rings (SSSR count). The molecule has 1 aliphatic heterocycles. The van der Waals surface area contributed by atoms with E-state index in [1.807, 2.05) is 0 Å². The van der Waals surface area contributed by atoms with Gasteiger partial charge in [-0.25, -0.2) is 0 Å². The number of hydrogen-bond acceptors (Lipinski definition) is 4. The van der Waals surface area contributed by atoms with Crippen molar-refractivity contribution in [2.75, 3.05) is 13.6 Å². The van der Waals surface area contributed by atoms with Crippen LogP contribution in [0.4, 0.5) is 13.2 Å². The second kappa shape index (κ2) is 6.54. The molecule has 2 heterocycles. The van der Waals surface area contributed by atoms with Gasteiger partial charge in [0, 0.05) is 18.8 Å². The van der Waals surface area contributed by atoms with Gasteiger partial charge in [-0.05, 0) is 24.6 Å². The fourth-order valence-corrected chi connectivity index (χ4v) is 2.21. The van der Waals surface area contributed by atoms with Crippen molar-refractivity contribution in [1.29, 1.82) is 0 Å². The second-order valence-electron chi connectivity index (χ2n) is 4.99. The van der Waals surface area contributed by atoms with Crippen molar-refractivity contribution in [2.45, 2.75) is 13.1 Å². The summed E-state index contributed by atoms with van der Waals surface area (Å²) in [5.41, 5.74) is 1.28. The lowest BCUT2D eigenvalue weighted by Gasteiger charge is -2.11. The Balaban J connectivity index is 2.50. The third-order valence-corrected chi connectivity index (χ3v) is 3.47. The average Bonchev–Trinajstić information content (AvgIpc) is 2.88. The predicted octanol–water partition coefficient (Wildman–Crippen LogP) is 4.91. The first-order valence-electron chi connectivity index (χ1n) is 6.62. The standard InChI is InChI=1S/C15H14ClF3N4/c1-4-9(2)12(6-11-8-23(3)22-21-11)14-13(16)5-10(7-20-14)15(17,18)19/h4-7H,1,8H2,2-3H3/b11-6+,12-9+. The Morgan fingerprint density at radius 2 is 2.13 bits per heavy atom. The van der Waals surface area contributed by atoms with E-state index in [-0.39, 0.29) is 10.7 Å². The highest BCUT2D eigenvalue weighted by Crippen LogP contribution is 2.34. The normalized spacial score (nSPS) is 17.7. The Labute approximate surface area is 136 Å². The van der Waals surface area contributed by atoms with Crippen molar-refractivity contribution in [1.82, 2.24) is 9.99 Å². The molecule has 0 radical (unpaired) electrons. The zero-order valence-corrected chi connectivity index (χ0v) is 13.3. The largest absolute Gasteiger partial charge is 0.417 e. The number of nitrogens with zero attached hydrogens (tertiary/aromatic N) is 4. The molecule has 0 fully saturated rings. The minimum absolute atomic E-state index is 0.0869. The lowest BCUT2D eigenvalue weighted by molar-refractivity contribution is -0.137. The first-order chi connectivity index (χ1) is 10.7. The summed E-state index contributed by atoms with van der Waals surface area (Å²) >= 11 is 6.02. The van der Waals surface area contributed by atoms with Crippen LogP contribution in [0.5, 0.6) is 0 Å². The molecule has 0 bridgehead atoms. The fourth-order valence-electron chi connectivity index (χ4n) is 1.94. The van der Waals surface area contributed by atoms with E-state index in [4.69, 9.17) is 11.6 Å². The molecule has 0 aliphatic carbocycles. The SMILES string of the molecule is C=C/C(C)=C(\C=C1/CN(C)N=N1)c1ncc(C(F)(F)F)cc1Cl. The van der Waals surface area contributed by atoms with Crippen LogP contribution in [0.3, 0.4) is 0 Å². The zero-order valence-electron chi connectivity index (χ0n) is 12.5. The minimum atomic E-state index is -4.49. The summed E-state index contributed by atoms with van der Waals surface area (Å²) in [5.74, 6) is 0. The van der Waals surface area contributed by atoms with Gasteiger partial charge in [0.2, 0.25) is 0 Å². The number of hydrogen-bond donors (Lipinski definition) is 0. The van der Waals surface area contributed by atoms with Crippen LogP contribution >= 0.6 is 11.6 Å². The van der Waals surface area contributed by atoms with Gasteiger partial charge >= 0.3 is 6.18 Å². The monoisotopic (exact) mass is 342 g/mol. The highest BCUT2D eigenvalue weighted by molar-refractivity contribution is 6.32. The van der Waals surface area contributed by atoms with E-state index in [1.54, 1.807) is 31.1 Å². The Kier molecular flexibility index (Phi) is 4.89. The van der Waals surface area contributed by atoms with Gasteiger partial charge in [-0.15, -0.1) is 5.11 Å². The molecule has 23 heavy (non-hydrogen) atoms. The number of likely N-dealkylation sites (N-methyl/N-ethyl adjacent to an activating group) is 1. The first-order valence-corrected chi connectivity index (χ1v) is 7.00. The van der Waals surface area contributed by atoms with Crippen molar-refractivity contribution < 1.29 is 13.2 Å². The molecule has 1 aromatic heterocycles. The van der Waals surface area contributed by atoms with Crippen LogP contribution in [-0.2, 0) is 6.18 Å². The molecular formula is C15H14ClF3N4. The Hall–Kier alpha value is -2.15. The van der Waals surface area contributed by atoms with E-state index in [9.17, 15) is 13.2 Å². The number of allylic oxidation sites excluding steroid dienone is 4. The first kappa shape index (κ1) is 17.2. The summed E-state index contributed by atoms with van der Waals surface area (Å²) in [5, 5.41) is 9.38. The van der Waals surface area contributed by atoms with Crippen LogP contribution < -0.4 is 0 Å². The number of pyridine rings is 1. The number of alkyl halides is 3. The summed E-state index contributed by atoms with van der Waals surface area (Å²) in [6.45, 7) is 5.94. The van der Waals surface area contributed by atoms with Crippen LogP contribution in [-0.4, -0.2) is 23.6 Å². The summed E-state index contributed by atoms with van der Waals surface area (Å²) in [7, 11) is 1.76. The van der Waals surface area contributed by atoms with Gasteiger partial charge in [0.05, 0.1) is 28.5 Å². The maximum Gasteiger partial charge on any atom is 0.417 e. The number of halogens is 4. The average molecular weight is 343 g/mol. The van der Waals surface area contributed by atoms with Gasteiger partial charge in [-0.2, -0.15) is 13.2 Å². The van der Waals surface area contributed by atoms with Gasteiger partial charge in [0.1, 0.15) is 0 Å². The molecule has 4 nitrogen and oxygen atoms in total. The van der Waals surface area contributed by atoms with Crippen LogP contribution in [0.1, 0.15) is 18.2 Å². The van der Waals surface area contributed by atoms with Gasteiger partial charge in [0.15, 0.2) is 0 Å². The summed E-state index contributed by atoms with van der Waals surface area (Å²) in [6.07, 6.45) is -0.449.